The Kier molecular flexibility index (Phi) is 4.76. The average molecular weight is 440 g/mol. The van der Waals surface area contributed by atoms with E-state index in [9.17, 15) is 9.59 Å². The number of fused-ring (bicyclic) bond motifs is 2. The third-order valence-electron chi connectivity index (χ3n) is 5.13. The van der Waals surface area contributed by atoms with Crippen LogP contribution in [0.25, 0.3) is 31.6 Å². The third-order valence-corrected chi connectivity index (χ3v) is 6.28. The van der Waals surface area contributed by atoms with Gasteiger partial charge in [-0.05, 0) is 41.8 Å². The number of thiophene rings is 1. The van der Waals surface area contributed by atoms with Gasteiger partial charge in [0.25, 0.3) is 11.5 Å². The summed E-state index contributed by atoms with van der Waals surface area (Å²) in [4.78, 5) is 33.1. The van der Waals surface area contributed by atoms with Crippen LogP contribution in [0, 0.1) is 5.41 Å². The van der Waals surface area contributed by atoms with Crippen molar-refractivity contribution < 1.29 is 4.79 Å². The maximum atomic E-state index is 12.9. The van der Waals surface area contributed by atoms with Crippen molar-refractivity contribution in [2.75, 3.05) is 11.1 Å². The number of H-pyrrole nitrogens is 1. The first kappa shape index (κ1) is 19.7. The first-order valence-corrected chi connectivity index (χ1v) is 10.6. The Bertz CT molecular complexity index is 1550. The van der Waals surface area contributed by atoms with E-state index < -0.39 is 11.5 Å². The summed E-state index contributed by atoms with van der Waals surface area (Å²) in [6, 6.07) is 20.4. The Hall–Kier alpha value is -4.30. The molecule has 7 nitrogen and oxygen atoms in total. The van der Waals surface area contributed by atoms with Gasteiger partial charge in [-0.15, -0.1) is 11.3 Å². The molecule has 0 fully saturated rings. The van der Waals surface area contributed by atoms with E-state index in [0.717, 1.165) is 21.2 Å². The highest BCUT2D eigenvalue weighted by Gasteiger charge is 2.17. The number of aromatic nitrogens is 2. The van der Waals surface area contributed by atoms with Crippen LogP contribution < -0.4 is 16.6 Å². The number of nitrogens with two attached hydrogens (primary N) is 1. The molecule has 0 saturated carbocycles. The zero-order chi connectivity index (χ0) is 22.2. The van der Waals surface area contributed by atoms with Crippen molar-refractivity contribution in [2.45, 2.75) is 0 Å². The second-order valence-electron chi connectivity index (χ2n) is 7.21. The molecule has 0 saturated heterocycles. The molecule has 0 spiro atoms. The molecule has 0 aliphatic carbocycles. The lowest BCUT2D eigenvalue weighted by molar-refractivity contribution is 0.102. The fourth-order valence-electron chi connectivity index (χ4n) is 3.56. The monoisotopic (exact) mass is 439 g/mol. The molecule has 0 radical (unpaired) electrons. The molecule has 2 heterocycles. The summed E-state index contributed by atoms with van der Waals surface area (Å²) in [5, 5.41) is 11.6. The maximum Gasteiger partial charge on any atom is 0.280 e. The Morgan fingerprint density at radius 2 is 1.88 bits per heavy atom. The summed E-state index contributed by atoms with van der Waals surface area (Å²) in [5.41, 5.74) is 8.63. The molecule has 0 aliphatic rings. The Morgan fingerprint density at radius 1 is 1.09 bits per heavy atom. The smallest absolute Gasteiger partial charge is 0.280 e. The minimum Gasteiger partial charge on any atom is -0.398 e. The lowest BCUT2D eigenvalue weighted by atomic mass is 10.0. The van der Waals surface area contributed by atoms with Gasteiger partial charge in [-0.3, -0.25) is 9.59 Å². The van der Waals surface area contributed by atoms with E-state index in [0.29, 0.717) is 33.5 Å². The zero-order valence-corrected chi connectivity index (χ0v) is 17.5. The van der Waals surface area contributed by atoms with Gasteiger partial charge in [-0.2, -0.15) is 0 Å². The van der Waals surface area contributed by atoms with Gasteiger partial charge in [-0.25, -0.2) is 4.98 Å². The molecule has 5 rings (SSSR count). The highest BCUT2D eigenvalue weighted by atomic mass is 32.1. The molecule has 2 aromatic heterocycles. The number of rotatable bonds is 4. The number of aromatic amines is 1. The molecular formula is C24H17N5O2S. The van der Waals surface area contributed by atoms with E-state index >= 15 is 0 Å². The molecular weight excluding hydrogens is 422 g/mol. The van der Waals surface area contributed by atoms with Crippen molar-refractivity contribution in [1.82, 2.24) is 9.97 Å². The van der Waals surface area contributed by atoms with E-state index in [1.165, 1.54) is 0 Å². The first-order chi connectivity index (χ1) is 15.5. The van der Waals surface area contributed by atoms with Gasteiger partial charge >= 0.3 is 0 Å². The molecule has 0 atom stereocenters. The van der Waals surface area contributed by atoms with Crippen LogP contribution in [0.2, 0.25) is 0 Å². The predicted octanol–water partition coefficient (Wildman–Crippen LogP) is 4.64. The number of anilines is 2. The summed E-state index contributed by atoms with van der Waals surface area (Å²) in [6.45, 7) is 0. The quantitative estimate of drug-likeness (QED) is 0.240. The summed E-state index contributed by atoms with van der Waals surface area (Å²) in [7, 11) is 0. The van der Waals surface area contributed by atoms with Crippen molar-refractivity contribution in [2.24, 2.45) is 0 Å². The van der Waals surface area contributed by atoms with Crippen LogP contribution in [-0.2, 0) is 0 Å². The Morgan fingerprint density at radius 3 is 2.69 bits per heavy atom. The van der Waals surface area contributed by atoms with Crippen molar-refractivity contribution in [1.29, 1.82) is 5.41 Å². The molecule has 1 amide bonds. The SMILES string of the molecule is N=Cc1cc(NC(=O)c2nc3ccccc3[nH]c2=O)cc(-c2cc3ccccc3s2)c1N. The highest BCUT2D eigenvalue weighted by Crippen LogP contribution is 2.38. The number of para-hydroxylation sites is 2. The summed E-state index contributed by atoms with van der Waals surface area (Å²) < 4.78 is 1.11. The molecule has 0 bridgehead atoms. The van der Waals surface area contributed by atoms with Gasteiger partial charge in [-0.1, -0.05) is 30.3 Å². The molecule has 0 aliphatic heterocycles. The third kappa shape index (κ3) is 3.42. The number of nitrogen functional groups attached to an aromatic ring is 1. The van der Waals surface area contributed by atoms with E-state index in [4.69, 9.17) is 11.1 Å². The molecule has 0 unspecified atom stereocenters. The topological polar surface area (TPSA) is 125 Å². The number of hydrogen-bond donors (Lipinski definition) is 4. The van der Waals surface area contributed by atoms with Crippen molar-refractivity contribution in [3.8, 4) is 10.4 Å². The number of hydrogen-bond acceptors (Lipinski definition) is 6. The number of carbonyl (C=O) groups excluding carboxylic acids is 1. The molecule has 156 valence electrons. The van der Waals surface area contributed by atoms with Gasteiger partial charge in [0.05, 0.1) is 11.0 Å². The maximum absolute atomic E-state index is 12.9. The van der Waals surface area contributed by atoms with Crippen LogP contribution in [0.4, 0.5) is 11.4 Å². The summed E-state index contributed by atoms with van der Waals surface area (Å²) in [6.07, 6.45) is 1.14. The normalized spacial score (nSPS) is 11.0. The van der Waals surface area contributed by atoms with E-state index in [-0.39, 0.29) is 5.69 Å². The fraction of sp³-hybridized carbons (Fsp3) is 0. The Balaban J connectivity index is 1.56. The van der Waals surface area contributed by atoms with Gasteiger partial charge in [0.2, 0.25) is 0 Å². The standard InChI is InChI=1S/C24H17N5O2S/c25-12-14-9-15(11-16(21(14)26)20-10-13-5-1-4-8-19(13)32-20)27-23(30)22-24(31)29-18-7-3-2-6-17(18)28-22/h1-12,25H,26H2,(H,27,30)(H,29,31). The number of nitrogens with one attached hydrogen (secondary N) is 3. The number of nitrogens with zero attached hydrogens (tertiary/aromatic N) is 1. The van der Waals surface area contributed by atoms with E-state index in [1.54, 1.807) is 47.7 Å². The summed E-state index contributed by atoms with van der Waals surface area (Å²) in [5.74, 6) is -0.639. The second-order valence-corrected chi connectivity index (χ2v) is 8.29. The predicted molar refractivity (Wildman–Crippen MR) is 130 cm³/mol. The average Bonchev–Trinajstić information content (AvgIpc) is 3.23. The van der Waals surface area contributed by atoms with Gasteiger partial charge < -0.3 is 21.4 Å². The first-order valence-electron chi connectivity index (χ1n) is 9.77. The zero-order valence-electron chi connectivity index (χ0n) is 16.7. The number of carbonyl (C=O) groups is 1. The van der Waals surface area contributed by atoms with Crippen LogP contribution in [0.15, 0.2) is 71.5 Å². The van der Waals surface area contributed by atoms with Gasteiger partial charge in [0.15, 0.2) is 5.69 Å². The second kappa shape index (κ2) is 7.75. The minimum atomic E-state index is -0.639. The van der Waals surface area contributed by atoms with Crippen LogP contribution >= 0.6 is 11.3 Å². The van der Waals surface area contributed by atoms with Gasteiger partial charge in [0.1, 0.15) is 0 Å². The van der Waals surface area contributed by atoms with E-state index in [1.807, 2.05) is 30.3 Å². The van der Waals surface area contributed by atoms with Gasteiger partial charge in [0, 0.05) is 38.3 Å². The molecule has 8 heteroatoms. The molecule has 32 heavy (non-hydrogen) atoms. The number of benzene rings is 3. The van der Waals surface area contributed by atoms with Crippen molar-refractivity contribution in [3.05, 3.63) is 88.3 Å². The van der Waals surface area contributed by atoms with Crippen LogP contribution in [0.5, 0.6) is 0 Å². The molecule has 5 aromatic rings. The van der Waals surface area contributed by atoms with Crippen LogP contribution in [0.1, 0.15) is 16.1 Å². The summed E-state index contributed by atoms with van der Waals surface area (Å²) >= 11 is 1.58. The fourth-order valence-corrected chi connectivity index (χ4v) is 4.65. The number of amides is 1. The largest absolute Gasteiger partial charge is 0.398 e. The van der Waals surface area contributed by atoms with Crippen molar-refractivity contribution in [3.63, 3.8) is 0 Å². The Labute approximate surface area is 186 Å². The van der Waals surface area contributed by atoms with E-state index in [2.05, 4.69) is 15.3 Å². The highest BCUT2D eigenvalue weighted by molar-refractivity contribution is 7.22. The molecule has 5 N–H and O–H groups in total. The lowest BCUT2D eigenvalue weighted by Gasteiger charge is -2.12. The van der Waals surface area contributed by atoms with Crippen LogP contribution in [0.3, 0.4) is 0 Å². The van der Waals surface area contributed by atoms with Crippen LogP contribution in [-0.4, -0.2) is 22.1 Å². The molecule has 3 aromatic carbocycles. The minimum absolute atomic E-state index is 0.236. The van der Waals surface area contributed by atoms with Crippen molar-refractivity contribution >= 4 is 56.0 Å². The lowest BCUT2D eigenvalue weighted by Crippen LogP contribution is -2.25.